The van der Waals surface area contributed by atoms with Gasteiger partial charge in [-0.15, -0.1) is 0 Å². The fourth-order valence-corrected chi connectivity index (χ4v) is 1.99. The summed E-state index contributed by atoms with van der Waals surface area (Å²) in [5.74, 6) is 0.114. The SMILES string of the molecule is CCOC(=O)c1cccc(OC[C@H](O)CN(CC)CCO)c1. The third-order valence-electron chi connectivity index (χ3n) is 3.12. The summed E-state index contributed by atoms with van der Waals surface area (Å²) in [6.07, 6.45) is -0.669. The number of aliphatic hydroxyl groups excluding tert-OH is 2. The van der Waals surface area contributed by atoms with Crippen molar-refractivity contribution in [2.45, 2.75) is 20.0 Å². The van der Waals surface area contributed by atoms with Crippen molar-refractivity contribution in [2.75, 3.05) is 39.5 Å². The van der Waals surface area contributed by atoms with Gasteiger partial charge in [0.1, 0.15) is 18.5 Å². The normalized spacial score (nSPS) is 12.2. The van der Waals surface area contributed by atoms with Crippen LogP contribution in [0.25, 0.3) is 0 Å². The van der Waals surface area contributed by atoms with Crippen LogP contribution in [-0.2, 0) is 4.74 Å². The lowest BCUT2D eigenvalue weighted by molar-refractivity contribution is 0.0524. The van der Waals surface area contributed by atoms with Gasteiger partial charge in [0.15, 0.2) is 0 Å². The van der Waals surface area contributed by atoms with E-state index in [9.17, 15) is 9.90 Å². The van der Waals surface area contributed by atoms with Crippen molar-refractivity contribution >= 4 is 5.97 Å². The first-order valence-corrected chi connectivity index (χ1v) is 7.51. The first kappa shape index (κ1) is 18.4. The van der Waals surface area contributed by atoms with Gasteiger partial charge in [0, 0.05) is 13.1 Å². The molecule has 0 saturated heterocycles. The number of likely N-dealkylation sites (N-methyl/N-ethyl adjacent to an activating group) is 1. The zero-order valence-electron chi connectivity index (χ0n) is 13.2. The van der Waals surface area contributed by atoms with Crippen LogP contribution in [0.2, 0.25) is 0 Å². The van der Waals surface area contributed by atoms with Crippen LogP contribution in [0.4, 0.5) is 0 Å². The van der Waals surface area contributed by atoms with Gasteiger partial charge in [-0.05, 0) is 31.7 Å². The quantitative estimate of drug-likeness (QED) is 0.626. The van der Waals surface area contributed by atoms with Gasteiger partial charge < -0.3 is 19.7 Å². The molecule has 0 aliphatic carbocycles. The molecule has 0 amide bonds. The molecule has 0 aliphatic heterocycles. The average Bonchev–Trinajstić information content (AvgIpc) is 2.53. The molecule has 6 nitrogen and oxygen atoms in total. The Hall–Kier alpha value is -1.63. The van der Waals surface area contributed by atoms with E-state index in [2.05, 4.69) is 0 Å². The number of hydrogen-bond donors (Lipinski definition) is 2. The van der Waals surface area contributed by atoms with Crippen LogP contribution >= 0.6 is 0 Å². The van der Waals surface area contributed by atoms with Crippen LogP contribution in [0.1, 0.15) is 24.2 Å². The third-order valence-corrected chi connectivity index (χ3v) is 3.12. The summed E-state index contributed by atoms with van der Waals surface area (Å²) in [4.78, 5) is 13.6. The topological polar surface area (TPSA) is 79.2 Å². The van der Waals surface area contributed by atoms with E-state index in [0.29, 0.717) is 31.0 Å². The van der Waals surface area contributed by atoms with Gasteiger partial charge in [0.2, 0.25) is 0 Å². The van der Waals surface area contributed by atoms with Crippen molar-refractivity contribution in [1.29, 1.82) is 0 Å². The number of carbonyl (C=O) groups excluding carboxylic acids is 1. The minimum atomic E-state index is -0.669. The van der Waals surface area contributed by atoms with Gasteiger partial charge in [-0.3, -0.25) is 4.90 Å². The molecular weight excluding hydrogens is 286 g/mol. The molecule has 0 aromatic heterocycles. The number of ether oxygens (including phenoxy) is 2. The number of hydrogen-bond acceptors (Lipinski definition) is 6. The van der Waals surface area contributed by atoms with E-state index in [1.165, 1.54) is 0 Å². The Kier molecular flexibility index (Phi) is 8.50. The maximum Gasteiger partial charge on any atom is 0.338 e. The Balaban J connectivity index is 2.50. The highest BCUT2D eigenvalue weighted by Crippen LogP contribution is 2.14. The molecular formula is C16H25NO5. The van der Waals surface area contributed by atoms with Gasteiger partial charge in [-0.1, -0.05) is 13.0 Å². The van der Waals surface area contributed by atoms with Gasteiger partial charge in [-0.2, -0.15) is 0 Å². The molecule has 6 heteroatoms. The number of benzene rings is 1. The molecule has 0 spiro atoms. The van der Waals surface area contributed by atoms with Crippen molar-refractivity contribution in [3.05, 3.63) is 29.8 Å². The second-order valence-electron chi connectivity index (χ2n) is 4.83. The first-order chi connectivity index (χ1) is 10.6. The highest BCUT2D eigenvalue weighted by Gasteiger charge is 2.12. The monoisotopic (exact) mass is 311 g/mol. The number of esters is 1. The second-order valence-corrected chi connectivity index (χ2v) is 4.83. The Morgan fingerprint density at radius 3 is 2.77 bits per heavy atom. The van der Waals surface area contributed by atoms with Crippen LogP contribution in [0.5, 0.6) is 5.75 Å². The van der Waals surface area contributed by atoms with E-state index >= 15 is 0 Å². The Morgan fingerprint density at radius 2 is 2.14 bits per heavy atom. The van der Waals surface area contributed by atoms with Gasteiger partial charge in [0.05, 0.1) is 18.8 Å². The third kappa shape index (κ3) is 6.43. The van der Waals surface area contributed by atoms with E-state index in [1.54, 1.807) is 31.2 Å². The molecule has 1 atom stereocenters. The molecule has 124 valence electrons. The maximum absolute atomic E-state index is 11.6. The Bertz CT molecular complexity index is 452. The molecule has 22 heavy (non-hydrogen) atoms. The number of rotatable bonds is 10. The fraction of sp³-hybridized carbons (Fsp3) is 0.562. The Labute approximate surface area is 131 Å². The van der Waals surface area contributed by atoms with E-state index in [-0.39, 0.29) is 13.2 Å². The second kappa shape index (κ2) is 10.2. The molecule has 0 fully saturated rings. The number of aliphatic hydroxyl groups is 2. The van der Waals surface area contributed by atoms with Crippen LogP contribution in [0, 0.1) is 0 Å². The summed E-state index contributed by atoms with van der Waals surface area (Å²) in [6.45, 7) is 5.90. The Morgan fingerprint density at radius 1 is 1.36 bits per heavy atom. The lowest BCUT2D eigenvalue weighted by Gasteiger charge is -2.22. The highest BCUT2D eigenvalue weighted by molar-refractivity contribution is 5.89. The predicted octanol–water partition coefficient (Wildman–Crippen LogP) is 0.917. The van der Waals surface area contributed by atoms with Crippen molar-refractivity contribution in [2.24, 2.45) is 0 Å². The average molecular weight is 311 g/mol. The zero-order chi connectivity index (χ0) is 16.4. The molecule has 0 saturated carbocycles. The predicted molar refractivity (Wildman–Crippen MR) is 83.1 cm³/mol. The molecule has 0 unspecified atom stereocenters. The van der Waals surface area contributed by atoms with E-state index < -0.39 is 12.1 Å². The maximum atomic E-state index is 11.6. The lowest BCUT2D eigenvalue weighted by Crippen LogP contribution is -2.37. The van der Waals surface area contributed by atoms with E-state index in [0.717, 1.165) is 6.54 Å². The first-order valence-electron chi connectivity index (χ1n) is 7.51. The van der Waals surface area contributed by atoms with Crippen LogP contribution < -0.4 is 4.74 Å². The molecule has 2 N–H and O–H groups in total. The van der Waals surface area contributed by atoms with Crippen LogP contribution in [0.3, 0.4) is 0 Å². The van der Waals surface area contributed by atoms with Crippen molar-refractivity contribution < 1.29 is 24.5 Å². The van der Waals surface area contributed by atoms with Crippen LogP contribution in [-0.4, -0.2) is 66.6 Å². The highest BCUT2D eigenvalue weighted by atomic mass is 16.5. The van der Waals surface area contributed by atoms with E-state index in [4.69, 9.17) is 14.6 Å². The zero-order valence-corrected chi connectivity index (χ0v) is 13.2. The summed E-state index contributed by atoms with van der Waals surface area (Å²) < 4.78 is 10.4. The molecule has 1 rings (SSSR count). The molecule has 1 aromatic rings. The van der Waals surface area contributed by atoms with Crippen molar-refractivity contribution in [1.82, 2.24) is 4.90 Å². The smallest absolute Gasteiger partial charge is 0.338 e. The van der Waals surface area contributed by atoms with Gasteiger partial charge >= 0.3 is 5.97 Å². The summed E-state index contributed by atoms with van der Waals surface area (Å²) in [7, 11) is 0. The van der Waals surface area contributed by atoms with E-state index in [1.807, 2.05) is 11.8 Å². The summed E-state index contributed by atoms with van der Waals surface area (Å²) in [5.41, 5.74) is 0.421. The van der Waals surface area contributed by atoms with Crippen molar-refractivity contribution in [3.63, 3.8) is 0 Å². The molecule has 1 aromatic carbocycles. The largest absolute Gasteiger partial charge is 0.491 e. The van der Waals surface area contributed by atoms with Crippen LogP contribution in [0.15, 0.2) is 24.3 Å². The number of carbonyl (C=O) groups is 1. The standard InChI is InChI=1S/C16H25NO5/c1-3-17(8-9-18)11-14(19)12-22-15-7-5-6-13(10-15)16(20)21-4-2/h5-7,10,14,18-19H,3-4,8-9,11-12H2,1-2H3/t14-/m1/s1. The fourth-order valence-electron chi connectivity index (χ4n) is 1.99. The molecule has 0 radical (unpaired) electrons. The molecule has 0 heterocycles. The van der Waals surface area contributed by atoms with Gasteiger partial charge in [0.25, 0.3) is 0 Å². The summed E-state index contributed by atoms with van der Waals surface area (Å²) >= 11 is 0. The summed E-state index contributed by atoms with van der Waals surface area (Å²) in [6, 6.07) is 6.68. The lowest BCUT2D eigenvalue weighted by atomic mass is 10.2. The summed E-state index contributed by atoms with van der Waals surface area (Å²) in [5, 5.41) is 18.9. The van der Waals surface area contributed by atoms with Gasteiger partial charge in [-0.25, -0.2) is 4.79 Å². The minimum absolute atomic E-state index is 0.0585. The van der Waals surface area contributed by atoms with Crippen molar-refractivity contribution in [3.8, 4) is 5.75 Å². The molecule has 0 bridgehead atoms. The minimum Gasteiger partial charge on any atom is -0.491 e. The number of nitrogens with zero attached hydrogens (tertiary/aromatic N) is 1. The molecule has 0 aliphatic rings.